The molecule has 2 atom stereocenters. The van der Waals surface area contributed by atoms with E-state index in [9.17, 15) is 4.79 Å². The molecule has 1 aliphatic carbocycles. The summed E-state index contributed by atoms with van der Waals surface area (Å²) in [5.74, 6) is 0.473. The molecule has 0 aromatic carbocycles. The molecule has 0 saturated carbocycles. The molecule has 0 bridgehead atoms. The van der Waals surface area contributed by atoms with Crippen LogP contribution in [-0.2, 0) is 9.53 Å². The Balaban J connectivity index is 2.48. The van der Waals surface area contributed by atoms with Crippen molar-refractivity contribution in [2.24, 2.45) is 11.8 Å². The fourth-order valence-corrected chi connectivity index (χ4v) is 1.69. The lowest BCUT2D eigenvalue weighted by atomic mass is 9.82. The van der Waals surface area contributed by atoms with Crippen LogP contribution in [0.3, 0.4) is 0 Å². The van der Waals surface area contributed by atoms with E-state index in [2.05, 4.69) is 13.0 Å². The van der Waals surface area contributed by atoms with Crippen LogP contribution < -0.4 is 0 Å². The average Bonchev–Trinajstić information content (AvgIpc) is 2.15. The Kier molecular flexibility index (Phi) is 3.70. The number of allylic oxidation sites excluding steroid dienone is 2. The van der Waals surface area contributed by atoms with Crippen molar-refractivity contribution >= 4 is 5.97 Å². The van der Waals surface area contributed by atoms with E-state index in [1.807, 2.05) is 6.08 Å². The van der Waals surface area contributed by atoms with Crippen LogP contribution in [0, 0.1) is 23.2 Å². The maximum atomic E-state index is 10.6. The molecule has 0 aliphatic heterocycles. The van der Waals surface area contributed by atoms with Crippen LogP contribution in [0.2, 0.25) is 0 Å². The van der Waals surface area contributed by atoms with Crippen molar-refractivity contribution in [2.75, 3.05) is 6.61 Å². The fraction of sp³-hybridized carbons (Fsp3) is 0.636. The van der Waals surface area contributed by atoms with E-state index in [-0.39, 0.29) is 5.97 Å². The van der Waals surface area contributed by atoms with Crippen molar-refractivity contribution in [3.8, 4) is 6.07 Å². The zero-order chi connectivity index (χ0) is 10.6. The molecule has 2 unspecified atom stereocenters. The first-order valence-corrected chi connectivity index (χ1v) is 4.87. The van der Waals surface area contributed by atoms with Crippen LogP contribution >= 0.6 is 0 Å². The van der Waals surface area contributed by atoms with E-state index in [1.165, 1.54) is 6.92 Å². The smallest absolute Gasteiger partial charge is 0.302 e. The minimum Gasteiger partial charge on any atom is -0.466 e. The van der Waals surface area contributed by atoms with E-state index in [1.54, 1.807) is 0 Å². The summed E-state index contributed by atoms with van der Waals surface area (Å²) in [6.45, 7) is 3.96. The number of nitrogens with zero attached hydrogens (tertiary/aromatic N) is 1. The second kappa shape index (κ2) is 4.80. The second-order valence-electron chi connectivity index (χ2n) is 3.76. The molecule has 0 aromatic rings. The molecule has 1 rings (SSSR count). The van der Waals surface area contributed by atoms with E-state index in [0.29, 0.717) is 18.4 Å². The maximum absolute atomic E-state index is 10.6. The lowest BCUT2D eigenvalue weighted by Gasteiger charge is -2.25. The molecule has 0 radical (unpaired) electrons. The normalized spacial score (nSPS) is 26.2. The predicted molar refractivity (Wildman–Crippen MR) is 52.2 cm³/mol. The van der Waals surface area contributed by atoms with Gasteiger partial charge in [0, 0.05) is 12.5 Å². The summed E-state index contributed by atoms with van der Waals surface area (Å²) in [6.07, 6.45) is 3.73. The van der Waals surface area contributed by atoms with E-state index >= 15 is 0 Å². The molecule has 14 heavy (non-hydrogen) atoms. The van der Waals surface area contributed by atoms with Gasteiger partial charge >= 0.3 is 5.97 Å². The third-order valence-corrected chi connectivity index (χ3v) is 2.64. The number of carbonyl (C=O) groups is 1. The van der Waals surface area contributed by atoms with Crippen LogP contribution in [0.5, 0.6) is 0 Å². The molecule has 1 aliphatic rings. The van der Waals surface area contributed by atoms with Gasteiger partial charge in [-0.15, -0.1) is 0 Å². The molecule has 3 heteroatoms. The van der Waals surface area contributed by atoms with E-state index in [0.717, 1.165) is 18.4 Å². The third-order valence-electron chi connectivity index (χ3n) is 2.64. The third kappa shape index (κ3) is 2.88. The molecule has 3 nitrogen and oxygen atoms in total. The molecule has 76 valence electrons. The zero-order valence-electron chi connectivity index (χ0n) is 8.62. The first-order valence-electron chi connectivity index (χ1n) is 4.87. The van der Waals surface area contributed by atoms with Gasteiger partial charge in [-0.25, -0.2) is 0 Å². The minimum atomic E-state index is -0.229. The number of rotatable bonds is 2. The van der Waals surface area contributed by atoms with Crippen molar-refractivity contribution in [3.63, 3.8) is 0 Å². The topological polar surface area (TPSA) is 50.1 Å². The summed E-state index contributed by atoms with van der Waals surface area (Å²) in [5, 5.41) is 8.71. The highest BCUT2D eigenvalue weighted by Crippen LogP contribution is 2.28. The van der Waals surface area contributed by atoms with Gasteiger partial charge < -0.3 is 4.74 Å². The highest BCUT2D eigenvalue weighted by molar-refractivity contribution is 5.65. The van der Waals surface area contributed by atoms with Gasteiger partial charge in [0.25, 0.3) is 0 Å². The van der Waals surface area contributed by atoms with E-state index in [4.69, 9.17) is 10.00 Å². The Hall–Kier alpha value is -1.30. The van der Waals surface area contributed by atoms with Gasteiger partial charge in [-0.2, -0.15) is 5.26 Å². The Labute approximate surface area is 84.4 Å². The van der Waals surface area contributed by atoms with Crippen molar-refractivity contribution in [2.45, 2.75) is 26.7 Å². The summed E-state index contributed by atoms with van der Waals surface area (Å²) in [6, 6.07) is 2.17. The number of hydrogen-bond donors (Lipinski definition) is 0. The quantitative estimate of drug-likeness (QED) is 0.630. The molecular weight excluding hydrogens is 178 g/mol. The van der Waals surface area contributed by atoms with E-state index < -0.39 is 0 Å². The number of carbonyl (C=O) groups excluding carboxylic acids is 1. The first-order chi connectivity index (χ1) is 6.63. The summed E-state index contributed by atoms with van der Waals surface area (Å²) < 4.78 is 4.97. The SMILES string of the molecule is CC(=O)OCC1CCC(C#N)=CC1C. The summed E-state index contributed by atoms with van der Waals surface area (Å²) in [4.78, 5) is 10.6. The van der Waals surface area contributed by atoms with Gasteiger partial charge in [-0.1, -0.05) is 13.0 Å². The molecule has 0 saturated heterocycles. The van der Waals surface area contributed by atoms with Gasteiger partial charge in [0.2, 0.25) is 0 Å². The summed E-state index contributed by atoms with van der Waals surface area (Å²) >= 11 is 0. The van der Waals surface area contributed by atoms with Crippen molar-refractivity contribution in [1.29, 1.82) is 5.26 Å². The zero-order valence-corrected chi connectivity index (χ0v) is 8.62. The first kappa shape index (κ1) is 10.8. The molecule has 0 heterocycles. The molecular formula is C11H15NO2. The second-order valence-corrected chi connectivity index (χ2v) is 3.76. The number of hydrogen-bond acceptors (Lipinski definition) is 3. The largest absolute Gasteiger partial charge is 0.466 e. The Morgan fingerprint density at radius 3 is 3.00 bits per heavy atom. The molecule has 0 fully saturated rings. The Morgan fingerprint density at radius 1 is 1.79 bits per heavy atom. The maximum Gasteiger partial charge on any atom is 0.302 e. The van der Waals surface area contributed by atoms with Crippen LogP contribution in [0.25, 0.3) is 0 Å². The number of esters is 1. The molecule has 0 spiro atoms. The van der Waals surface area contributed by atoms with Gasteiger partial charge in [-0.3, -0.25) is 4.79 Å². The highest BCUT2D eigenvalue weighted by Gasteiger charge is 2.22. The summed E-state index contributed by atoms with van der Waals surface area (Å²) in [7, 11) is 0. The van der Waals surface area contributed by atoms with Crippen LogP contribution in [0.4, 0.5) is 0 Å². The molecule has 0 amide bonds. The standard InChI is InChI=1S/C11H15NO2/c1-8-5-10(6-12)3-4-11(8)7-14-9(2)13/h5,8,11H,3-4,7H2,1-2H3. The average molecular weight is 193 g/mol. The van der Waals surface area contributed by atoms with Gasteiger partial charge in [0.05, 0.1) is 12.7 Å². The monoisotopic (exact) mass is 193 g/mol. The molecule has 0 N–H and O–H groups in total. The van der Waals surface area contributed by atoms with Crippen molar-refractivity contribution < 1.29 is 9.53 Å². The Bertz CT molecular complexity index is 288. The minimum absolute atomic E-state index is 0.229. The van der Waals surface area contributed by atoms with Crippen LogP contribution in [0.15, 0.2) is 11.6 Å². The van der Waals surface area contributed by atoms with Gasteiger partial charge in [0.15, 0.2) is 0 Å². The van der Waals surface area contributed by atoms with Gasteiger partial charge in [-0.05, 0) is 24.7 Å². The number of nitriles is 1. The molecule has 0 aromatic heterocycles. The lowest BCUT2D eigenvalue weighted by Crippen LogP contribution is -2.21. The van der Waals surface area contributed by atoms with Crippen molar-refractivity contribution in [1.82, 2.24) is 0 Å². The van der Waals surface area contributed by atoms with Crippen LogP contribution in [-0.4, -0.2) is 12.6 Å². The fourth-order valence-electron chi connectivity index (χ4n) is 1.69. The highest BCUT2D eigenvalue weighted by atomic mass is 16.5. The van der Waals surface area contributed by atoms with Crippen molar-refractivity contribution in [3.05, 3.63) is 11.6 Å². The Morgan fingerprint density at radius 2 is 2.50 bits per heavy atom. The van der Waals surface area contributed by atoms with Crippen LogP contribution in [0.1, 0.15) is 26.7 Å². The lowest BCUT2D eigenvalue weighted by molar-refractivity contribution is -0.142. The summed E-state index contributed by atoms with van der Waals surface area (Å²) in [5.41, 5.74) is 0.858. The van der Waals surface area contributed by atoms with Gasteiger partial charge in [0.1, 0.15) is 0 Å². The predicted octanol–water partition coefficient (Wildman–Crippen LogP) is 2.05. The number of ether oxygens (including phenoxy) is 1.